The quantitative estimate of drug-likeness (QED) is 0.468. The van der Waals surface area contributed by atoms with Crippen LogP contribution in [0.25, 0.3) is 6.08 Å². The highest BCUT2D eigenvalue weighted by molar-refractivity contribution is 6.12. The van der Waals surface area contributed by atoms with Crippen LogP contribution in [0.1, 0.15) is 18.1 Å². The highest BCUT2D eigenvalue weighted by atomic mass is 19.1. The van der Waals surface area contributed by atoms with Gasteiger partial charge in [0.2, 0.25) is 5.90 Å². The number of carbonyl (C=O) groups is 1. The van der Waals surface area contributed by atoms with Gasteiger partial charge in [-0.2, -0.15) is 0 Å². The van der Waals surface area contributed by atoms with E-state index in [0.717, 1.165) is 11.1 Å². The third-order valence-electron chi connectivity index (χ3n) is 3.34. The van der Waals surface area contributed by atoms with E-state index in [2.05, 4.69) is 11.6 Å². The molecule has 0 amide bonds. The Bertz CT molecular complexity index is 899. The van der Waals surface area contributed by atoms with E-state index in [1.807, 2.05) is 25.1 Å². The smallest absolute Gasteiger partial charge is 0.363 e. The molecule has 0 spiro atoms. The Morgan fingerprint density at radius 1 is 1.28 bits per heavy atom. The Labute approximate surface area is 144 Å². The second-order valence-electron chi connectivity index (χ2n) is 5.66. The van der Waals surface area contributed by atoms with Crippen LogP contribution >= 0.6 is 0 Å². The van der Waals surface area contributed by atoms with Crippen LogP contribution in [0.15, 0.2) is 71.4 Å². The van der Waals surface area contributed by atoms with Crippen LogP contribution in [0.4, 0.5) is 4.39 Å². The molecule has 1 heterocycles. The van der Waals surface area contributed by atoms with Crippen molar-refractivity contribution < 1.29 is 18.7 Å². The van der Waals surface area contributed by atoms with Crippen LogP contribution in [-0.2, 0) is 9.53 Å². The van der Waals surface area contributed by atoms with Gasteiger partial charge in [-0.25, -0.2) is 14.2 Å². The molecule has 0 aromatic heterocycles. The van der Waals surface area contributed by atoms with Crippen molar-refractivity contribution in [3.05, 3.63) is 83.3 Å². The van der Waals surface area contributed by atoms with E-state index >= 15 is 0 Å². The molecule has 0 aliphatic carbocycles. The van der Waals surface area contributed by atoms with Crippen molar-refractivity contribution in [2.24, 2.45) is 4.99 Å². The second-order valence-corrected chi connectivity index (χ2v) is 5.66. The summed E-state index contributed by atoms with van der Waals surface area (Å²) in [6, 6.07) is 13.0. The van der Waals surface area contributed by atoms with Crippen LogP contribution in [-0.4, -0.2) is 18.5 Å². The standard InChI is InChI=1S/C20H16FNO3/c1-13(2)12-24-17-8-3-5-14(9-17)10-18-20(23)25-19(22-18)15-6-4-7-16(21)11-15/h3-11H,1,12H2,2H3/b18-10+. The predicted octanol–water partition coefficient (Wildman–Crippen LogP) is 4.13. The Hall–Kier alpha value is -3.21. The summed E-state index contributed by atoms with van der Waals surface area (Å²) in [5.74, 6) is -0.243. The first kappa shape index (κ1) is 16.6. The normalized spacial score (nSPS) is 15.0. The molecular formula is C20H16FNO3. The maximum atomic E-state index is 13.3. The van der Waals surface area contributed by atoms with Crippen molar-refractivity contribution in [2.75, 3.05) is 6.61 Å². The first-order valence-corrected chi connectivity index (χ1v) is 7.67. The molecule has 3 rings (SSSR count). The summed E-state index contributed by atoms with van der Waals surface area (Å²) in [5.41, 5.74) is 2.22. The summed E-state index contributed by atoms with van der Waals surface area (Å²) < 4.78 is 24.0. The van der Waals surface area contributed by atoms with Crippen LogP contribution < -0.4 is 4.74 Å². The first-order chi connectivity index (χ1) is 12.0. The van der Waals surface area contributed by atoms with Crippen molar-refractivity contribution in [1.29, 1.82) is 0 Å². The zero-order valence-corrected chi connectivity index (χ0v) is 13.7. The third kappa shape index (κ3) is 4.20. The Balaban J connectivity index is 1.84. The topological polar surface area (TPSA) is 47.9 Å². The van der Waals surface area contributed by atoms with E-state index in [9.17, 15) is 9.18 Å². The van der Waals surface area contributed by atoms with Gasteiger partial charge in [-0.05, 0) is 54.5 Å². The number of nitrogens with zero attached hydrogens (tertiary/aromatic N) is 1. The van der Waals surface area contributed by atoms with Crippen molar-refractivity contribution in [2.45, 2.75) is 6.92 Å². The fourth-order valence-corrected chi connectivity index (χ4v) is 2.21. The summed E-state index contributed by atoms with van der Waals surface area (Å²) in [5, 5.41) is 0. The van der Waals surface area contributed by atoms with Gasteiger partial charge in [-0.15, -0.1) is 0 Å². The Kier molecular flexibility index (Phi) is 4.75. The molecular weight excluding hydrogens is 321 g/mol. The molecule has 0 radical (unpaired) electrons. The van der Waals surface area contributed by atoms with E-state index in [1.54, 1.807) is 18.2 Å². The number of esters is 1. The molecule has 0 saturated heterocycles. The first-order valence-electron chi connectivity index (χ1n) is 7.67. The molecule has 5 heteroatoms. The van der Waals surface area contributed by atoms with Crippen molar-refractivity contribution in [3.63, 3.8) is 0 Å². The zero-order valence-electron chi connectivity index (χ0n) is 13.7. The third-order valence-corrected chi connectivity index (χ3v) is 3.34. The highest BCUT2D eigenvalue weighted by Crippen LogP contribution is 2.21. The number of hydrogen-bond donors (Lipinski definition) is 0. The predicted molar refractivity (Wildman–Crippen MR) is 93.8 cm³/mol. The van der Waals surface area contributed by atoms with E-state index in [1.165, 1.54) is 18.2 Å². The lowest BCUT2D eigenvalue weighted by Gasteiger charge is -2.06. The number of carbonyl (C=O) groups excluding carboxylic acids is 1. The summed E-state index contributed by atoms with van der Waals surface area (Å²) >= 11 is 0. The average molecular weight is 337 g/mol. The van der Waals surface area contributed by atoms with Crippen LogP contribution in [0.5, 0.6) is 5.75 Å². The minimum atomic E-state index is -0.576. The maximum Gasteiger partial charge on any atom is 0.363 e. The molecule has 0 saturated carbocycles. The fourth-order valence-electron chi connectivity index (χ4n) is 2.21. The van der Waals surface area contributed by atoms with Gasteiger partial charge in [-0.3, -0.25) is 0 Å². The number of hydrogen-bond acceptors (Lipinski definition) is 4. The van der Waals surface area contributed by atoms with Gasteiger partial charge in [0.15, 0.2) is 5.70 Å². The van der Waals surface area contributed by atoms with E-state index < -0.39 is 11.8 Å². The zero-order chi connectivity index (χ0) is 17.8. The van der Waals surface area contributed by atoms with Crippen LogP contribution in [0.2, 0.25) is 0 Å². The van der Waals surface area contributed by atoms with Crippen LogP contribution in [0, 0.1) is 5.82 Å². The molecule has 0 N–H and O–H groups in total. The van der Waals surface area contributed by atoms with Crippen molar-refractivity contribution in [3.8, 4) is 5.75 Å². The van der Waals surface area contributed by atoms with Crippen molar-refractivity contribution >= 4 is 17.9 Å². The maximum absolute atomic E-state index is 13.3. The van der Waals surface area contributed by atoms with Crippen LogP contribution in [0.3, 0.4) is 0 Å². The SMILES string of the molecule is C=C(C)COc1cccc(/C=C2/N=C(c3cccc(F)c3)OC2=O)c1. The van der Waals surface area contributed by atoms with Gasteiger partial charge >= 0.3 is 5.97 Å². The number of ether oxygens (including phenoxy) is 2. The number of cyclic esters (lactones) is 1. The van der Waals surface area contributed by atoms with Gasteiger partial charge in [0, 0.05) is 5.56 Å². The molecule has 126 valence electrons. The molecule has 2 aromatic rings. The molecule has 0 unspecified atom stereocenters. The molecule has 25 heavy (non-hydrogen) atoms. The monoisotopic (exact) mass is 337 g/mol. The largest absolute Gasteiger partial charge is 0.489 e. The van der Waals surface area contributed by atoms with E-state index in [4.69, 9.17) is 9.47 Å². The molecule has 1 aliphatic rings. The second kappa shape index (κ2) is 7.13. The number of rotatable bonds is 5. The van der Waals surface area contributed by atoms with Gasteiger partial charge in [0.05, 0.1) is 0 Å². The Morgan fingerprint density at radius 2 is 2.08 bits per heavy atom. The molecule has 2 aromatic carbocycles. The van der Waals surface area contributed by atoms with E-state index in [0.29, 0.717) is 17.9 Å². The summed E-state index contributed by atoms with van der Waals surface area (Å²) in [7, 11) is 0. The number of aliphatic imine (C=N–C) groups is 1. The lowest BCUT2D eigenvalue weighted by atomic mass is 10.2. The van der Waals surface area contributed by atoms with Gasteiger partial charge < -0.3 is 9.47 Å². The van der Waals surface area contributed by atoms with Gasteiger partial charge in [0.25, 0.3) is 0 Å². The molecule has 0 fully saturated rings. The highest BCUT2D eigenvalue weighted by Gasteiger charge is 2.24. The lowest BCUT2D eigenvalue weighted by molar-refractivity contribution is -0.129. The molecule has 4 nitrogen and oxygen atoms in total. The van der Waals surface area contributed by atoms with Crippen molar-refractivity contribution in [1.82, 2.24) is 0 Å². The number of benzene rings is 2. The minimum Gasteiger partial charge on any atom is -0.489 e. The lowest BCUT2D eigenvalue weighted by Crippen LogP contribution is -2.05. The summed E-state index contributed by atoms with van der Waals surface area (Å²) in [6.45, 7) is 6.09. The van der Waals surface area contributed by atoms with Gasteiger partial charge in [0.1, 0.15) is 18.2 Å². The number of halogens is 1. The summed E-state index contributed by atoms with van der Waals surface area (Å²) in [4.78, 5) is 16.2. The molecule has 1 aliphatic heterocycles. The average Bonchev–Trinajstić information content (AvgIpc) is 2.94. The van der Waals surface area contributed by atoms with Gasteiger partial charge in [-0.1, -0.05) is 24.8 Å². The summed E-state index contributed by atoms with van der Waals surface area (Å²) in [6.07, 6.45) is 1.60. The Morgan fingerprint density at radius 3 is 2.84 bits per heavy atom. The fraction of sp³-hybridized carbons (Fsp3) is 0.100. The molecule has 0 atom stereocenters. The minimum absolute atomic E-state index is 0.0884. The molecule has 0 bridgehead atoms. The van der Waals surface area contributed by atoms with E-state index in [-0.39, 0.29) is 11.6 Å².